The van der Waals surface area contributed by atoms with Gasteiger partial charge in [0.25, 0.3) is 0 Å². The van der Waals surface area contributed by atoms with Crippen LogP contribution in [0.1, 0.15) is 0 Å². The van der Waals surface area contributed by atoms with Crippen LogP contribution in [0.5, 0.6) is 0 Å². The smallest absolute Gasteiger partial charge is 0.380 e. The molecule has 0 aromatic heterocycles. The number of hydrogen-bond acceptors (Lipinski definition) is 3. The SMILES string of the molecule is O=[P+](O)O.OP.OP. The zero-order chi connectivity index (χ0) is 7.58. The lowest BCUT2D eigenvalue weighted by molar-refractivity contribution is 0.405. The molecule has 0 radical (unpaired) electrons. The van der Waals surface area contributed by atoms with Gasteiger partial charge in [0.05, 0.1) is 0 Å². The summed E-state index contributed by atoms with van der Waals surface area (Å²) in [7, 11) is -0.0370. The fourth-order valence-electron chi connectivity index (χ4n) is 0. The molecule has 4 N–H and O–H groups in total. The zero-order valence-electron chi connectivity index (χ0n) is 3.80. The molecule has 0 aromatic carbocycles. The quantitative estimate of drug-likeness (QED) is 0.365. The monoisotopic (exact) mass is 181 g/mol. The Bertz CT molecular complexity index is 30.7. The molecule has 2 atom stereocenters. The maximum absolute atomic E-state index is 8.70. The molecule has 0 saturated heterocycles. The van der Waals surface area contributed by atoms with E-state index < -0.39 is 8.25 Å². The molecule has 2 unspecified atom stereocenters. The Balaban J connectivity index is -0.0000000542. The van der Waals surface area contributed by atoms with Crippen LogP contribution in [0.25, 0.3) is 0 Å². The second-order valence-corrected chi connectivity index (χ2v) is 0.758. The summed E-state index contributed by atoms with van der Waals surface area (Å²) >= 11 is 0. The predicted octanol–water partition coefficient (Wildman–Crippen LogP) is -0.834. The number of rotatable bonds is 0. The van der Waals surface area contributed by atoms with Gasteiger partial charge in [-0.2, -0.15) is 0 Å². The minimum absolute atomic E-state index is 1.42. The molecule has 0 aliphatic heterocycles. The maximum Gasteiger partial charge on any atom is 0.692 e. The molecule has 52 valence electrons. The summed E-state index contributed by atoms with van der Waals surface area (Å²) in [6.45, 7) is 0. The molecule has 0 fully saturated rings. The minimum Gasteiger partial charge on any atom is -0.380 e. The molecule has 0 bridgehead atoms. The van der Waals surface area contributed by atoms with Gasteiger partial charge in [-0.15, -0.1) is 9.79 Å². The summed E-state index contributed by atoms with van der Waals surface area (Å²) in [4.78, 5) is 28.1. The van der Waals surface area contributed by atoms with E-state index in [-0.39, 0.29) is 0 Å². The second kappa shape index (κ2) is 25.0. The Morgan fingerprint density at radius 2 is 1.00 bits per heavy atom. The summed E-state index contributed by atoms with van der Waals surface area (Å²) in [6.07, 6.45) is 0. The maximum atomic E-state index is 8.70. The molecule has 8 heteroatoms. The van der Waals surface area contributed by atoms with Crippen molar-refractivity contribution in [3.05, 3.63) is 0 Å². The van der Waals surface area contributed by atoms with Crippen molar-refractivity contribution in [1.82, 2.24) is 0 Å². The van der Waals surface area contributed by atoms with Gasteiger partial charge < -0.3 is 9.79 Å². The van der Waals surface area contributed by atoms with Crippen molar-refractivity contribution in [2.24, 2.45) is 0 Å². The molecule has 0 saturated carbocycles. The fraction of sp³-hybridized carbons (Fsp3) is 0. The molecule has 0 spiro atoms. The van der Waals surface area contributed by atoms with Crippen molar-refractivity contribution in [1.29, 1.82) is 0 Å². The fourth-order valence-corrected chi connectivity index (χ4v) is 0. The van der Waals surface area contributed by atoms with E-state index in [4.69, 9.17) is 24.1 Å². The topological polar surface area (TPSA) is 98.0 Å². The summed E-state index contributed by atoms with van der Waals surface area (Å²) in [6, 6.07) is 0. The highest BCUT2D eigenvalue weighted by molar-refractivity contribution is 7.30. The first kappa shape index (κ1) is 15.9. The van der Waals surface area contributed by atoms with Crippen LogP contribution in [0.2, 0.25) is 0 Å². The number of hydrogen-bond donors (Lipinski definition) is 4. The van der Waals surface area contributed by atoms with E-state index in [2.05, 4.69) is 0 Å². The van der Waals surface area contributed by atoms with Crippen molar-refractivity contribution >= 4 is 27.2 Å². The van der Waals surface area contributed by atoms with Gasteiger partial charge in [-0.1, -0.05) is 0 Å². The van der Waals surface area contributed by atoms with Crippen molar-refractivity contribution in [2.75, 3.05) is 0 Å². The molecule has 0 rings (SSSR count). The van der Waals surface area contributed by atoms with Crippen molar-refractivity contribution < 1.29 is 24.1 Å². The lowest BCUT2D eigenvalue weighted by Crippen LogP contribution is -1.38. The Hall–Kier alpha value is 0.800. The van der Waals surface area contributed by atoms with E-state index >= 15 is 0 Å². The largest absolute Gasteiger partial charge is 0.692 e. The highest BCUT2D eigenvalue weighted by Gasteiger charge is 1.93. The summed E-state index contributed by atoms with van der Waals surface area (Å²) in [5.74, 6) is 0. The zero-order valence-corrected chi connectivity index (χ0v) is 7.00. The molecule has 0 aliphatic carbocycles. The van der Waals surface area contributed by atoms with Crippen LogP contribution in [-0.2, 0) is 4.57 Å². The third-order valence-corrected chi connectivity index (χ3v) is 0. The van der Waals surface area contributed by atoms with Gasteiger partial charge >= 0.3 is 8.25 Å². The Labute approximate surface area is 52.3 Å². The minimum atomic E-state index is -2.87. The van der Waals surface area contributed by atoms with Crippen LogP contribution in [-0.4, -0.2) is 19.6 Å². The lowest BCUT2D eigenvalue weighted by atomic mass is 15.8. The molecule has 0 amide bonds. The average molecular weight is 181 g/mol. The van der Waals surface area contributed by atoms with Gasteiger partial charge in [-0.25, -0.2) is 0 Å². The molecular formula is H8O5P3+. The van der Waals surface area contributed by atoms with Gasteiger partial charge in [0.1, 0.15) is 0 Å². The second-order valence-electron chi connectivity index (χ2n) is 0.253. The van der Waals surface area contributed by atoms with Gasteiger partial charge in [-0.3, -0.25) is 0 Å². The Morgan fingerprint density at radius 1 is 1.00 bits per heavy atom. The lowest BCUT2D eigenvalue weighted by Gasteiger charge is -1.34. The first-order valence-electron chi connectivity index (χ1n) is 1.10. The summed E-state index contributed by atoms with van der Waals surface area (Å²) in [5.41, 5.74) is 0. The summed E-state index contributed by atoms with van der Waals surface area (Å²) in [5, 5.41) is 0. The van der Waals surface area contributed by atoms with Crippen molar-refractivity contribution in [3.8, 4) is 0 Å². The van der Waals surface area contributed by atoms with Crippen LogP contribution in [0, 0.1) is 0 Å². The van der Waals surface area contributed by atoms with Crippen LogP contribution in [0.4, 0.5) is 0 Å². The van der Waals surface area contributed by atoms with Gasteiger partial charge in [0.2, 0.25) is 0 Å². The molecule has 5 nitrogen and oxygen atoms in total. The third kappa shape index (κ3) is 357. The van der Waals surface area contributed by atoms with E-state index in [1.165, 1.54) is 18.9 Å². The van der Waals surface area contributed by atoms with E-state index in [0.29, 0.717) is 0 Å². The van der Waals surface area contributed by atoms with E-state index in [1.807, 2.05) is 0 Å². The third-order valence-electron chi connectivity index (χ3n) is 0. The van der Waals surface area contributed by atoms with Crippen LogP contribution < -0.4 is 0 Å². The molecular weight excluding hydrogens is 173 g/mol. The predicted molar refractivity (Wildman–Crippen MR) is 35.9 cm³/mol. The van der Waals surface area contributed by atoms with Gasteiger partial charge in [-0.05, 0) is 18.9 Å². The van der Waals surface area contributed by atoms with Gasteiger partial charge in [0, 0.05) is 4.57 Å². The van der Waals surface area contributed by atoms with E-state index in [9.17, 15) is 0 Å². The normalized spacial score (nSPS) is 4.75. The van der Waals surface area contributed by atoms with E-state index in [1.54, 1.807) is 0 Å². The Kier molecular flexibility index (Phi) is 49.7. The molecule has 0 heterocycles. The first-order valence-corrected chi connectivity index (χ1v) is 3.30. The molecule has 8 heavy (non-hydrogen) atoms. The standard InChI is InChI=1S/HO3P.2H3OP/c1-4(2)3;2*1-2/h(H-,1,2,3);2*1H,2H2/p+1. The first-order chi connectivity index (χ1) is 3.73. The van der Waals surface area contributed by atoms with Crippen molar-refractivity contribution in [2.45, 2.75) is 0 Å². The molecule has 0 aliphatic rings. The summed E-state index contributed by atoms with van der Waals surface area (Å²) < 4.78 is 8.70. The van der Waals surface area contributed by atoms with Crippen LogP contribution in [0.3, 0.4) is 0 Å². The average Bonchev–Trinajstić information content (AvgIpc) is 1.75. The van der Waals surface area contributed by atoms with Crippen LogP contribution >= 0.6 is 27.2 Å². The highest BCUT2D eigenvalue weighted by atomic mass is 31.1. The van der Waals surface area contributed by atoms with Gasteiger partial charge in [0.15, 0.2) is 0 Å². The molecule has 0 aromatic rings. The Morgan fingerprint density at radius 3 is 1.00 bits per heavy atom. The van der Waals surface area contributed by atoms with Crippen LogP contribution in [0.15, 0.2) is 0 Å². The van der Waals surface area contributed by atoms with E-state index in [0.717, 1.165) is 0 Å². The highest BCUT2D eigenvalue weighted by Crippen LogP contribution is 1.98. The van der Waals surface area contributed by atoms with Crippen molar-refractivity contribution in [3.63, 3.8) is 0 Å².